The van der Waals surface area contributed by atoms with E-state index in [4.69, 9.17) is 0 Å². The molecule has 2 bridgehead atoms. The van der Waals surface area contributed by atoms with Gasteiger partial charge >= 0.3 is 0 Å². The Labute approximate surface area is 233 Å². The fourth-order valence-corrected chi connectivity index (χ4v) is 7.58. The number of piperidine rings is 3. The van der Waals surface area contributed by atoms with Crippen LogP contribution in [0.1, 0.15) is 107 Å². The van der Waals surface area contributed by atoms with E-state index in [9.17, 15) is 0 Å². The number of fused-ring (bicyclic) bond motifs is 3. The van der Waals surface area contributed by atoms with E-state index in [2.05, 4.69) is 89.1 Å². The maximum Gasteiger partial charge on any atom is 0.0116 e. The first-order valence-corrected chi connectivity index (χ1v) is 16.4. The molecule has 4 nitrogen and oxygen atoms in total. The van der Waals surface area contributed by atoms with Crippen LogP contribution in [0.2, 0.25) is 0 Å². The predicted octanol–water partition coefficient (Wildman–Crippen LogP) is 6.95. The first kappa shape index (κ1) is 33.0. The molecule has 0 amide bonds. The first-order chi connectivity index (χ1) is 17.5. The lowest BCUT2D eigenvalue weighted by Crippen LogP contribution is -2.48. The molecule has 0 radical (unpaired) electrons. The van der Waals surface area contributed by atoms with Gasteiger partial charge in [-0.3, -0.25) is 0 Å². The lowest BCUT2D eigenvalue weighted by Gasteiger charge is -2.46. The average Bonchev–Trinajstić information content (AvgIpc) is 3.63. The van der Waals surface area contributed by atoms with Crippen molar-refractivity contribution in [1.82, 2.24) is 19.6 Å². The van der Waals surface area contributed by atoms with Gasteiger partial charge in [0.1, 0.15) is 0 Å². The Kier molecular flexibility index (Phi) is 15.0. The highest BCUT2D eigenvalue weighted by molar-refractivity contribution is 4.87. The average molecular weight is 521 g/mol. The highest BCUT2D eigenvalue weighted by Crippen LogP contribution is 2.36. The van der Waals surface area contributed by atoms with E-state index in [-0.39, 0.29) is 0 Å². The Morgan fingerprint density at radius 3 is 1.16 bits per heavy atom. The van der Waals surface area contributed by atoms with Crippen LogP contribution in [0.4, 0.5) is 0 Å². The van der Waals surface area contributed by atoms with Crippen LogP contribution in [-0.2, 0) is 0 Å². The summed E-state index contributed by atoms with van der Waals surface area (Å²) in [6.45, 7) is 28.0. The number of nitrogens with zero attached hydrogens (tertiary/aromatic N) is 4. The van der Waals surface area contributed by atoms with E-state index < -0.39 is 0 Å². The van der Waals surface area contributed by atoms with Crippen molar-refractivity contribution >= 4 is 0 Å². The van der Waals surface area contributed by atoms with Gasteiger partial charge in [-0.15, -0.1) is 0 Å². The van der Waals surface area contributed by atoms with Gasteiger partial charge in [-0.2, -0.15) is 0 Å². The third kappa shape index (κ3) is 11.1. The van der Waals surface area contributed by atoms with Crippen LogP contribution in [0.3, 0.4) is 0 Å². The van der Waals surface area contributed by atoms with E-state index in [0.717, 1.165) is 47.7 Å². The lowest BCUT2D eigenvalue weighted by molar-refractivity contribution is 0.0277. The Hall–Kier alpha value is -0.160. The number of rotatable bonds is 4. The molecule has 6 rings (SSSR count). The lowest BCUT2D eigenvalue weighted by atomic mass is 9.74. The molecule has 0 spiro atoms. The molecule has 6 fully saturated rings. The molecule has 6 heterocycles. The van der Waals surface area contributed by atoms with Crippen molar-refractivity contribution in [1.29, 1.82) is 0 Å². The Bertz CT molecular complexity index is 551. The fourth-order valence-electron chi connectivity index (χ4n) is 7.58. The van der Waals surface area contributed by atoms with E-state index in [1.807, 2.05) is 0 Å². The molecule has 3 unspecified atom stereocenters. The minimum atomic E-state index is 0.775. The summed E-state index contributed by atoms with van der Waals surface area (Å²) in [4.78, 5) is 10.1. The van der Waals surface area contributed by atoms with E-state index in [1.165, 1.54) is 97.2 Å². The summed E-state index contributed by atoms with van der Waals surface area (Å²) in [5.74, 6) is 4.68. The zero-order chi connectivity index (χ0) is 27.5. The number of likely N-dealkylation sites (tertiary alicyclic amines) is 3. The monoisotopic (exact) mass is 521 g/mol. The van der Waals surface area contributed by atoms with E-state index in [0.29, 0.717) is 0 Å². The van der Waals surface area contributed by atoms with Gasteiger partial charge in [0.05, 0.1) is 0 Å². The Morgan fingerprint density at radius 1 is 0.514 bits per heavy atom. The zero-order valence-corrected chi connectivity index (χ0v) is 27.0. The summed E-state index contributed by atoms with van der Waals surface area (Å²) in [6, 6.07) is 2.51. The molecular formula is C33H68N4. The quantitative estimate of drug-likeness (QED) is 0.398. The Morgan fingerprint density at radius 2 is 0.973 bits per heavy atom. The van der Waals surface area contributed by atoms with Gasteiger partial charge < -0.3 is 19.6 Å². The van der Waals surface area contributed by atoms with Gasteiger partial charge in [-0.1, -0.05) is 41.5 Å². The smallest absolute Gasteiger partial charge is 0.0116 e. The third-order valence-electron chi connectivity index (χ3n) is 10.1. The third-order valence-corrected chi connectivity index (χ3v) is 10.1. The molecule has 6 aliphatic rings. The summed E-state index contributed by atoms with van der Waals surface area (Å²) < 4.78 is 0. The molecule has 0 aliphatic carbocycles. The molecule has 0 aromatic carbocycles. The minimum absolute atomic E-state index is 0.775. The van der Waals surface area contributed by atoms with Crippen LogP contribution in [0, 0.1) is 29.6 Å². The normalized spacial score (nSPS) is 32.4. The summed E-state index contributed by atoms with van der Waals surface area (Å²) in [6.07, 6.45) is 11.4. The van der Waals surface area contributed by atoms with Crippen LogP contribution in [-0.4, -0.2) is 97.6 Å². The van der Waals surface area contributed by atoms with Crippen molar-refractivity contribution in [3.05, 3.63) is 0 Å². The summed E-state index contributed by atoms with van der Waals surface area (Å²) >= 11 is 0. The van der Waals surface area contributed by atoms with Gasteiger partial charge in [0.25, 0.3) is 0 Å². The van der Waals surface area contributed by atoms with E-state index >= 15 is 0 Å². The summed E-state index contributed by atoms with van der Waals surface area (Å²) in [5.41, 5.74) is 0. The SMILES string of the molecule is CC(C)C1CCCN1C.CC(C)C1CCCN1C.CC(C)C1CN2CCC1CC2.CC(C)N1CCCC1. The minimum Gasteiger partial charge on any atom is -0.303 e. The van der Waals surface area contributed by atoms with Crippen molar-refractivity contribution in [2.75, 3.05) is 59.9 Å². The second-order valence-corrected chi connectivity index (χ2v) is 14.3. The van der Waals surface area contributed by atoms with Gasteiger partial charge in [-0.25, -0.2) is 0 Å². The van der Waals surface area contributed by atoms with Gasteiger partial charge in [0.15, 0.2) is 0 Å². The summed E-state index contributed by atoms with van der Waals surface area (Å²) in [7, 11) is 4.47. The molecule has 3 atom stereocenters. The highest BCUT2D eigenvalue weighted by Gasteiger charge is 2.35. The van der Waals surface area contributed by atoms with Crippen LogP contribution >= 0.6 is 0 Å². The molecule has 4 heteroatoms. The number of hydrogen-bond acceptors (Lipinski definition) is 4. The Balaban J connectivity index is 0.000000175. The molecular weight excluding hydrogens is 452 g/mol. The van der Waals surface area contributed by atoms with Crippen LogP contribution in [0.5, 0.6) is 0 Å². The standard InChI is InChI=1S/C10H19N.2C8H17N.C7H15N/c1-8(2)10-7-11-5-3-9(10)4-6-11;2*1-7(2)8-5-4-6-9(8)3;1-7(2)8-5-3-4-6-8/h8-10H,3-7H2,1-2H3;2*7-8H,4-6H2,1-3H3;7H,3-6H2,1-2H3. The van der Waals surface area contributed by atoms with Crippen LogP contribution < -0.4 is 0 Å². The van der Waals surface area contributed by atoms with Crippen LogP contribution in [0.25, 0.3) is 0 Å². The largest absolute Gasteiger partial charge is 0.303 e. The molecule has 0 saturated carbocycles. The predicted molar refractivity (Wildman–Crippen MR) is 164 cm³/mol. The molecule has 0 N–H and O–H groups in total. The molecule has 0 aromatic rings. The van der Waals surface area contributed by atoms with E-state index in [1.54, 1.807) is 0 Å². The maximum absolute atomic E-state index is 2.64. The second kappa shape index (κ2) is 16.8. The topological polar surface area (TPSA) is 13.0 Å². The van der Waals surface area contributed by atoms with Crippen molar-refractivity contribution in [3.8, 4) is 0 Å². The highest BCUT2D eigenvalue weighted by atomic mass is 15.2. The van der Waals surface area contributed by atoms with Crippen molar-refractivity contribution in [2.45, 2.75) is 125 Å². The van der Waals surface area contributed by atoms with Crippen molar-refractivity contribution in [2.24, 2.45) is 29.6 Å². The van der Waals surface area contributed by atoms with Crippen molar-refractivity contribution < 1.29 is 0 Å². The van der Waals surface area contributed by atoms with Crippen LogP contribution in [0.15, 0.2) is 0 Å². The first-order valence-electron chi connectivity index (χ1n) is 16.4. The molecule has 6 aliphatic heterocycles. The molecule has 0 aromatic heterocycles. The maximum atomic E-state index is 2.64. The zero-order valence-electron chi connectivity index (χ0n) is 27.0. The second-order valence-electron chi connectivity index (χ2n) is 14.3. The summed E-state index contributed by atoms with van der Waals surface area (Å²) in [5, 5.41) is 0. The van der Waals surface area contributed by atoms with Gasteiger partial charge in [0, 0.05) is 24.7 Å². The molecule has 37 heavy (non-hydrogen) atoms. The fraction of sp³-hybridized carbons (Fsp3) is 1.00. The molecule has 6 saturated heterocycles. The molecule has 220 valence electrons. The van der Waals surface area contributed by atoms with Gasteiger partial charge in [-0.05, 0) is 148 Å². The van der Waals surface area contributed by atoms with Gasteiger partial charge in [0.2, 0.25) is 0 Å². The van der Waals surface area contributed by atoms with Crippen molar-refractivity contribution in [3.63, 3.8) is 0 Å². The number of hydrogen-bond donors (Lipinski definition) is 0.